The van der Waals surface area contributed by atoms with E-state index in [0.717, 1.165) is 12.8 Å². The van der Waals surface area contributed by atoms with Gasteiger partial charge in [0.25, 0.3) is 5.91 Å². The molecule has 1 saturated heterocycles. The van der Waals surface area contributed by atoms with Crippen molar-refractivity contribution in [3.63, 3.8) is 0 Å². The number of benzene rings is 1. The molecule has 0 radical (unpaired) electrons. The van der Waals surface area contributed by atoms with Gasteiger partial charge in [-0.25, -0.2) is 0 Å². The summed E-state index contributed by atoms with van der Waals surface area (Å²) in [6.07, 6.45) is 4.64. The van der Waals surface area contributed by atoms with Gasteiger partial charge in [-0.15, -0.1) is 0 Å². The smallest absolute Gasteiger partial charge is 0.253 e. The summed E-state index contributed by atoms with van der Waals surface area (Å²) in [5.74, 6) is 0.520. The van der Waals surface area contributed by atoms with Crippen LogP contribution in [-0.2, 0) is 4.79 Å². The molecule has 1 aromatic rings. The zero-order chi connectivity index (χ0) is 19.4. The highest BCUT2D eigenvalue weighted by Gasteiger charge is 2.37. The fourth-order valence-corrected chi connectivity index (χ4v) is 4.54. The lowest BCUT2D eigenvalue weighted by atomic mass is 9.95. The number of nitrogens with zero attached hydrogens (tertiary/aromatic N) is 2. The number of piperazine rings is 1. The Balaban J connectivity index is 1.64. The molecule has 1 saturated carbocycles. The molecule has 27 heavy (non-hydrogen) atoms. The van der Waals surface area contributed by atoms with Crippen molar-refractivity contribution in [1.82, 2.24) is 15.1 Å². The van der Waals surface area contributed by atoms with E-state index in [-0.39, 0.29) is 17.9 Å². The number of carbonyl (C=O) groups excluding carboxylic acids is 2. The van der Waals surface area contributed by atoms with Crippen LogP contribution in [-0.4, -0.2) is 60.4 Å². The Bertz CT molecular complexity index is 684. The van der Waals surface area contributed by atoms with Crippen LogP contribution >= 0.6 is 23.2 Å². The topological polar surface area (TPSA) is 52.7 Å². The third-order valence-electron chi connectivity index (χ3n) is 5.63. The fraction of sp³-hybridized carbons (Fsp3) is 0.600. The van der Waals surface area contributed by atoms with E-state index < -0.39 is 0 Å². The molecular formula is C20H27Cl2N3O2. The monoisotopic (exact) mass is 411 g/mol. The maximum atomic E-state index is 12.8. The molecule has 0 spiro atoms. The number of carbonyl (C=O) groups is 2. The summed E-state index contributed by atoms with van der Waals surface area (Å²) in [4.78, 5) is 29.5. The highest BCUT2D eigenvalue weighted by atomic mass is 35.5. The van der Waals surface area contributed by atoms with Crippen molar-refractivity contribution in [3.8, 4) is 0 Å². The summed E-state index contributed by atoms with van der Waals surface area (Å²) < 4.78 is 0. The minimum atomic E-state index is -0.0744. The molecule has 1 aromatic carbocycles. The predicted octanol–water partition coefficient (Wildman–Crippen LogP) is 3.45. The van der Waals surface area contributed by atoms with E-state index in [4.69, 9.17) is 23.2 Å². The Morgan fingerprint density at radius 3 is 2.37 bits per heavy atom. The number of hydrogen-bond acceptors (Lipinski definition) is 3. The van der Waals surface area contributed by atoms with Gasteiger partial charge in [0.05, 0.1) is 16.1 Å². The lowest BCUT2D eigenvalue weighted by Gasteiger charge is -2.40. The fourth-order valence-electron chi connectivity index (χ4n) is 4.24. The standard InChI is InChI=1S/C20H27Cl2N3O2/c1-2-23-19(26)18(14-5-3-4-6-14)24-9-11-25(12-10-24)20(27)15-7-8-16(21)17(22)13-15/h7-8,13-14,18H,2-6,9-12H2,1H3,(H,23,26). The number of hydrogen-bond donors (Lipinski definition) is 1. The van der Waals surface area contributed by atoms with E-state index >= 15 is 0 Å². The average Bonchev–Trinajstić information content (AvgIpc) is 3.18. The first-order chi connectivity index (χ1) is 13.0. The molecule has 1 N–H and O–H groups in total. The van der Waals surface area contributed by atoms with Crippen molar-refractivity contribution in [3.05, 3.63) is 33.8 Å². The molecule has 2 aliphatic rings. The van der Waals surface area contributed by atoms with Crippen molar-refractivity contribution in [2.24, 2.45) is 5.92 Å². The number of halogens is 2. The maximum Gasteiger partial charge on any atom is 0.253 e. The van der Waals surface area contributed by atoms with Gasteiger partial charge in [-0.05, 0) is 43.9 Å². The predicted molar refractivity (Wildman–Crippen MR) is 108 cm³/mol. The highest BCUT2D eigenvalue weighted by Crippen LogP contribution is 2.31. The van der Waals surface area contributed by atoms with Gasteiger partial charge in [0.2, 0.25) is 5.91 Å². The Morgan fingerprint density at radius 1 is 1.11 bits per heavy atom. The number of rotatable bonds is 5. The number of likely N-dealkylation sites (N-methyl/N-ethyl adjacent to an activating group) is 1. The summed E-state index contributed by atoms with van der Waals surface area (Å²) >= 11 is 12.0. The van der Waals surface area contributed by atoms with Gasteiger partial charge in [-0.3, -0.25) is 14.5 Å². The second kappa shape index (κ2) is 9.26. The number of amides is 2. The maximum absolute atomic E-state index is 12.8. The highest BCUT2D eigenvalue weighted by molar-refractivity contribution is 6.42. The Kier molecular flexibility index (Phi) is 7.01. The molecule has 1 atom stereocenters. The molecular weight excluding hydrogens is 385 g/mol. The van der Waals surface area contributed by atoms with Crippen LogP contribution in [0.15, 0.2) is 18.2 Å². The van der Waals surface area contributed by atoms with E-state index in [1.165, 1.54) is 12.8 Å². The van der Waals surface area contributed by atoms with Gasteiger partial charge >= 0.3 is 0 Å². The number of nitrogens with one attached hydrogen (secondary N) is 1. The minimum Gasteiger partial charge on any atom is -0.355 e. The third kappa shape index (κ3) is 4.76. The van der Waals surface area contributed by atoms with Gasteiger partial charge < -0.3 is 10.2 Å². The quantitative estimate of drug-likeness (QED) is 0.806. The van der Waals surface area contributed by atoms with Crippen molar-refractivity contribution < 1.29 is 9.59 Å². The third-order valence-corrected chi connectivity index (χ3v) is 6.37. The molecule has 148 valence electrons. The van der Waals surface area contributed by atoms with Crippen molar-refractivity contribution in [2.75, 3.05) is 32.7 Å². The summed E-state index contributed by atoms with van der Waals surface area (Å²) in [5.41, 5.74) is 0.550. The van der Waals surface area contributed by atoms with E-state index in [9.17, 15) is 9.59 Å². The SMILES string of the molecule is CCNC(=O)C(C1CCCC1)N1CCN(C(=O)c2ccc(Cl)c(Cl)c2)CC1. The molecule has 1 unspecified atom stereocenters. The lowest BCUT2D eigenvalue weighted by Crippen LogP contribution is -2.58. The molecule has 5 nitrogen and oxygen atoms in total. The van der Waals surface area contributed by atoms with Crippen LogP contribution in [0.2, 0.25) is 10.0 Å². The Morgan fingerprint density at radius 2 is 1.78 bits per heavy atom. The summed E-state index contributed by atoms with van der Waals surface area (Å²) in [7, 11) is 0. The van der Waals surface area contributed by atoms with Gasteiger partial charge in [0.15, 0.2) is 0 Å². The van der Waals surface area contributed by atoms with Crippen LogP contribution in [0.4, 0.5) is 0 Å². The molecule has 1 heterocycles. The van der Waals surface area contributed by atoms with Crippen molar-refractivity contribution in [2.45, 2.75) is 38.6 Å². The van der Waals surface area contributed by atoms with E-state index in [2.05, 4.69) is 10.2 Å². The van der Waals surface area contributed by atoms with Crippen LogP contribution in [0, 0.1) is 5.92 Å². The zero-order valence-electron chi connectivity index (χ0n) is 15.7. The molecule has 1 aliphatic heterocycles. The zero-order valence-corrected chi connectivity index (χ0v) is 17.2. The van der Waals surface area contributed by atoms with Crippen LogP contribution in [0.25, 0.3) is 0 Å². The first-order valence-electron chi connectivity index (χ1n) is 9.77. The molecule has 3 rings (SSSR count). The molecule has 0 aromatic heterocycles. The molecule has 2 fully saturated rings. The van der Waals surface area contributed by atoms with Crippen LogP contribution < -0.4 is 5.32 Å². The van der Waals surface area contributed by atoms with E-state index in [1.54, 1.807) is 18.2 Å². The first-order valence-corrected chi connectivity index (χ1v) is 10.5. The molecule has 0 bridgehead atoms. The second-order valence-electron chi connectivity index (χ2n) is 7.34. The molecule has 1 aliphatic carbocycles. The molecule has 7 heteroatoms. The molecule has 2 amide bonds. The van der Waals surface area contributed by atoms with E-state index in [0.29, 0.717) is 54.3 Å². The summed E-state index contributed by atoms with van der Waals surface area (Å²) in [6.45, 7) is 5.26. The van der Waals surface area contributed by atoms with Crippen LogP contribution in [0.1, 0.15) is 43.0 Å². The van der Waals surface area contributed by atoms with Crippen molar-refractivity contribution >= 4 is 35.0 Å². The first kappa shape index (κ1) is 20.4. The largest absolute Gasteiger partial charge is 0.355 e. The normalized spacial score (nSPS) is 19.9. The Hall–Kier alpha value is -1.30. The summed E-state index contributed by atoms with van der Waals surface area (Å²) in [5, 5.41) is 3.83. The van der Waals surface area contributed by atoms with Gasteiger partial charge in [0.1, 0.15) is 0 Å². The van der Waals surface area contributed by atoms with Gasteiger partial charge in [-0.1, -0.05) is 36.0 Å². The Labute approximate surface area is 171 Å². The van der Waals surface area contributed by atoms with Gasteiger partial charge in [0, 0.05) is 38.3 Å². The summed E-state index contributed by atoms with van der Waals surface area (Å²) in [6, 6.07) is 4.90. The van der Waals surface area contributed by atoms with Crippen LogP contribution in [0.3, 0.4) is 0 Å². The second-order valence-corrected chi connectivity index (χ2v) is 8.16. The van der Waals surface area contributed by atoms with E-state index in [1.807, 2.05) is 11.8 Å². The van der Waals surface area contributed by atoms with Crippen molar-refractivity contribution in [1.29, 1.82) is 0 Å². The minimum absolute atomic E-state index is 0.0383. The van der Waals surface area contributed by atoms with Crippen LogP contribution in [0.5, 0.6) is 0 Å². The average molecular weight is 412 g/mol. The lowest BCUT2D eigenvalue weighted by molar-refractivity contribution is -0.129. The van der Waals surface area contributed by atoms with Gasteiger partial charge in [-0.2, -0.15) is 0 Å².